The second-order valence-electron chi connectivity index (χ2n) is 14.0. The minimum absolute atomic E-state index is 0.00103. The lowest BCUT2D eigenvalue weighted by Crippen LogP contribution is -2.29. The molecule has 0 aromatic heterocycles. The van der Waals surface area contributed by atoms with Crippen LogP contribution in [0.1, 0.15) is 201 Å². The lowest BCUT2D eigenvalue weighted by atomic mass is 10.0. The summed E-state index contributed by atoms with van der Waals surface area (Å²) in [6.07, 6.45) is 43.3. The molecule has 0 aromatic rings. The molecule has 0 aliphatic heterocycles. The van der Waals surface area contributed by atoms with E-state index in [4.69, 9.17) is 18.5 Å². The van der Waals surface area contributed by atoms with Gasteiger partial charge in [0.05, 0.1) is 13.2 Å². The molecular weight excluding hydrogens is 675 g/mol. The standard InChI is InChI=1S/C43H79O8P/c1-4-7-9-11-13-15-17-19-21-22-24-26-28-30-32-34-36-38-43(45)51-41(40-50-52(46,47)49-6-3)39-48-42(44)37-35-33-31-29-27-25-23-20-18-16-14-12-10-8-5-2/h7,9,13,15,19,21,41H,4-6,8,10-12,14,16-18,20,22-40H2,1-3H3,(H,46,47)/b9-7-,15-13-,21-19-. The van der Waals surface area contributed by atoms with Crippen molar-refractivity contribution in [3.05, 3.63) is 36.5 Å². The highest BCUT2D eigenvalue weighted by Gasteiger charge is 2.25. The van der Waals surface area contributed by atoms with Gasteiger partial charge in [0.25, 0.3) is 0 Å². The van der Waals surface area contributed by atoms with Crippen molar-refractivity contribution >= 4 is 19.8 Å². The first kappa shape index (κ1) is 50.3. The first-order chi connectivity index (χ1) is 25.3. The number of unbranched alkanes of at least 4 members (excludes halogenated alkanes) is 21. The zero-order valence-corrected chi connectivity index (χ0v) is 34.6. The zero-order valence-electron chi connectivity index (χ0n) is 33.7. The summed E-state index contributed by atoms with van der Waals surface area (Å²) < 4.78 is 32.6. The van der Waals surface area contributed by atoms with Crippen LogP contribution < -0.4 is 0 Å². The highest BCUT2D eigenvalue weighted by molar-refractivity contribution is 7.47. The third kappa shape index (κ3) is 38.0. The monoisotopic (exact) mass is 755 g/mol. The quantitative estimate of drug-likeness (QED) is 0.0286. The average molecular weight is 755 g/mol. The molecule has 9 heteroatoms. The highest BCUT2D eigenvalue weighted by atomic mass is 31.2. The predicted octanol–water partition coefficient (Wildman–Crippen LogP) is 13.2. The van der Waals surface area contributed by atoms with E-state index in [0.717, 1.165) is 64.2 Å². The molecule has 0 rings (SSSR count). The van der Waals surface area contributed by atoms with Gasteiger partial charge in [-0.05, 0) is 51.9 Å². The number of allylic oxidation sites excluding steroid dienone is 6. The number of hydrogen-bond donors (Lipinski definition) is 1. The molecular formula is C43H79O8P. The van der Waals surface area contributed by atoms with Crippen LogP contribution in [0.5, 0.6) is 0 Å². The molecule has 0 bridgehead atoms. The lowest BCUT2D eigenvalue weighted by molar-refractivity contribution is -0.161. The van der Waals surface area contributed by atoms with E-state index in [2.05, 4.69) is 50.3 Å². The molecule has 304 valence electrons. The summed E-state index contributed by atoms with van der Waals surface area (Å²) in [6.45, 7) is 5.37. The molecule has 8 nitrogen and oxygen atoms in total. The molecule has 0 heterocycles. The number of esters is 2. The maximum absolute atomic E-state index is 12.5. The van der Waals surface area contributed by atoms with Crippen molar-refractivity contribution in [2.24, 2.45) is 0 Å². The summed E-state index contributed by atoms with van der Waals surface area (Å²) in [6, 6.07) is 0. The highest BCUT2D eigenvalue weighted by Crippen LogP contribution is 2.43. The first-order valence-corrected chi connectivity index (χ1v) is 22.8. The fraction of sp³-hybridized carbons (Fsp3) is 0.814. The van der Waals surface area contributed by atoms with Crippen LogP contribution in [0.25, 0.3) is 0 Å². The molecule has 0 saturated carbocycles. The van der Waals surface area contributed by atoms with Gasteiger partial charge in [0, 0.05) is 12.8 Å². The molecule has 0 radical (unpaired) electrons. The van der Waals surface area contributed by atoms with Gasteiger partial charge in [-0.15, -0.1) is 0 Å². The van der Waals surface area contributed by atoms with Crippen molar-refractivity contribution in [1.29, 1.82) is 0 Å². The van der Waals surface area contributed by atoms with Crippen molar-refractivity contribution < 1.29 is 37.6 Å². The Morgan fingerprint density at radius 1 is 0.538 bits per heavy atom. The maximum atomic E-state index is 12.5. The third-order valence-electron chi connectivity index (χ3n) is 8.96. The summed E-state index contributed by atoms with van der Waals surface area (Å²) in [5.41, 5.74) is 0. The molecule has 0 aliphatic carbocycles. The normalized spacial score (nSPS) is 13.7. The van der Waals surface area contributed by atoms with E-state index < -0.39 is 26.5 Å². The lowest BCUT2D eigenvalue weighted by Gasteiger charge is -2.19. The van der Waals surface area contributed by atoms with Crippen LogP contribution in [0.15, 0.2) is 36.5 Å². The van der Waals surface area contributed by atoms with E-state index in [1.807, 2.05) is 0 Å². The van der Waals surface area contributed by atoms with Crippen molar-refractivity contribution in [3.63, 3.8) is 0 Å². The van der Waals surface area contributed by atoms with Crippen molar-refractivity contribution in [2.45, 2.75) is 207 Å². The molecule has 2 unspecified atom stereocenters. The molecule has 0 spiro atoms. The Hall–Kier alpha value is -1.73. The van der Waals surface area contributed by atoms with Crippen LogP contribution in [0, 0.1) is 0 Å². The second-order valence-corrected chi connectivity index (χ2v) is 15.4. The Kier molecular flexibility index (Phi) is 37.7. The van der Waals surface area contributed by atoms with Crippen LogP contribution >= 0.6 is 7.82 Å². The molecule has 2 atom stereocenters. The average Bonchev–Trinajstić information content (AvgIpc) is 3.12. The predicted molar refractivity (Wildman–Crippen MR) is 216 cm³/mol. The number of phosphoric acid groups is 1. The summed E-state index contributed by atoms with van der Waals surface area (Å²) >= 11 is 0. The Labute approximate surface area is 319 Å². The Balaban J connectivity index is 4.09. The molecule has 0 fully saturated rings. The smallest absolute Gasteiger partial charge is 0.462 e. The van der Waals surface area contributed by atoms with Gasteiger partial charge in [-0.2, -0.15) is 0 Å². The number of ether oxygens (including phenoxy) is 2. The Morgan fingerprint density at radius 2 is 0.981 bits per heavy atom. The molecule has 0 saturated heterocycles. The Morgan fingerprint density at radius 3 is 1.48 bits per heavy atom. The molecule has 52 heavy (non-hydrogen) atoms. The van der Waals surface area contributed by atoms with E-state index in [0.29, 0.717) is 12.8 Å². The fourth-order valence-electron chi connectivity index (χ4n) is 5.88. The molecule has 0 aromatic carbocycles. The van der Waals surface area contributed by atoms with Crippen molar-refractivity contribution in [2.75, 3.05) is 19.8 Å². The van der Waals surface area contributed by atoms with Gasteiger partial charge in [0.2, 0.25) is 0 Å². The van der Waals surface area contributed by atoms with Crippen LogP contribution in [-0.4, -0.2) is 42.8 Å². The van der Waals surface area contributed by atoms with E-state index in [9.17, 15) is 19.0 Å². The van der Waals surface area contributed by atoms with Crippen LogP contribution in [0.2, 0.25) is 0 Å². The van der Waals surface area contributed by atoms with Crippen molar-refractivity contribution in [3.8, 4) is 0 Å². The summed E-state index contributed by atoms with van der Waals surface area (Å²) in [5, 5.41) is 0. The van der Waals surface area contributed by atoms with Gasteiger partial charge in [-0.1, -0.05) is 172 Å². The molecule has 1 N–H and O–H groups in total. The summed E-state index contributed by atoms with van der Waals surface area (Å²) in [7, 11) is -4.28. The van der Waals surface area contributed by atoms with E-state index in [-0.39, 0.29) is 25.6 Å². The number of carbonyl (C=O) groups is 2. The van der Waals surface area contributed by atoms with Gasteiger partial charge in [-0.3, -0.25) is 18.6 Å². The summed E-state index contributed by atoms with van der Waals surface area (Å²) in [4.78, 5) is 34.7. The molecule has 0 aliphatic rings. The maximum Gasteiger partial charge on any atom is 0.472 e. The second kappa shape index (κ2) is 39.0. The van der Waals surface area contributed by atoms with Crippen LogP contribution in [0.4, 0.5) is 0 Å². The number of carbonyl (C=O) groups excluding carboxylic acids is 2. The van der Waals surface area contributed by atoms with Crippen LogP contribution in [0.3, 0.4) is 0 Å². The van der Waals surface area contributed by atoms with Gasteiger partial charge < -0.3 is 14.4 Å². The first-order valence-electron chi connectivity index (χ1n) is 21.3. The van der Waals surface area contributed by atoms with Crippen LogP contribution in [-0.2, 0) is 32.7 Å². The fourth-order valence-corrected chi connectivity index (χ4v) is 6.63. The van der Waals surface area contributed by atoms with Crippen molar-refractivity contribution in [1.82, 2.24) is 0 Å². The summed E-state index contributed by atoms with van der Waals surface area (Å²) in [5.74, 6) is -0.803. The van der Waals surface area contributed by atoms with Gasteiger partial charge in [-0.25, -0.2) is 4.57 Å². The topological polar surface area (TPSA) is 108 Å². The minimum Gasteiger partial charge on any atom is -0.462 e. The SMILES string of the molecule is CC/C=C\C/C=C\C/C=C\CCCCCCCCCC(=O)OC(COC(=O)CCCCCCCCCCCCCCCCC)COP(=O)(O)OCC. The minimum atomic E-state index is -4.28. The number of hydrogen-bond acceptors (Lipinski definition) is 7. The number of phosphoric ester groups is 1. The Bertz CT molecular complexity index is 947. The zero-order chi connectivity index (χ0) is 38.2. The largest absolute Gasteiger partial charge is 0.472 e. The molecule has 0 amide bonds. The van der Waals surface area contributed by atoms with E-state index in [1.54, 1.807) is 6.92 Å². The van der Waals surface area contributed by atoms with Gasteiger partial charge >= 0.3 is 19.8 Å². The van der Waals surface area contributed by atoms with Gasteiger partial charge in [0.15, 0.2) is 6.10 Å². The van der Waals surface area contributed by atoms with Gasteiger partial charge in [0.1, 0.15) is 6.61 Å². The number of rotatable bonds is 39. The van der Waals surface area contributed by atoms with E-state index in [1.165, 1.54) is 96.3 Å². The third-order valence-corrected chi connectivity index (χ3v) is 10.0. The van der Waals surface area contributed by atoms with E-state index >= 15 is 0 Å².